The van der Waals surface area contributed by atoms with Gasteiger partial charge >= 0.3 is 0 Å². The molecule has 1 atom stereocenters. The SMILES string of the molecule is Cc1cc(C)n(CCCN2CCCC(N)C2)n1. The minimum atomic E-state index is 0.387. The molecule has 1 fully saturated rings. The van der Waals surface area contributed by atoms with Gasteiger partial charge in [0.1, 0.15) is 0 Å². The van der Waals surface area contributed by atoms with E-state index in [4.69, 9.17) is 5.73 Å². The molecule has 4 nitrogen and oxygen atoms in total. The van der Waals surface area contributed by atoms with Gasteiger partial charge in [-0.25, -0.2) is 0 Å². The average molecular weight is 236 g/mol. The van der Waals surface area contributed by atoms with Crippen molar-refractivity contribution in [3.63, 3.8) is 0 Å². The third-order valence-corrected chi connectivity index (χ3v) is 3.49. The molecule has 0 saturated carbocycles. The molecule has 17 heavy (non-hydrogen) atoms. The maximum absolute atomic E-state index is 5.98. The fourth-order valence-electron chi connectivity index (χ4n) is 2.64. The van der Waals surface area contributed by atoms with Gasteiger partial charge in [-0.3, -0.25) is 4.68 Å². The topological polar surface area (TPSA) is 47.1 Å². The Hall–Kier alpha value is -0.870. The Morgan fingerprint density at radius 1 is 1.41 bits per heavy atom. The highest BCUT2D eigenvalue weighted by Crippen LogP contribution is 2.09. The highest BCUT2D eigenvalue weighted by Gasteiger charge is 2.15. The van der Waals surface area contributed by atoms with Crippen molar-refractivity contribution in [2.45, 2.75) is 45.7 Å². The van der Waals surface area contributed by atoms with Crippen molar-refractivity contribution in [3.05, 3.63) is 17.5 Å². The Bertz CT molecular complexity index is 358. The van der Waals surface area contributed by atoms with E-state index in [9.17, 15) is 0 Å². The molecular formula is C13H24N4. The summed E-state index contributed by atoms with van der Waals surface area (Å²) in [6, 6.07) is 2.52. The summed E-state index contributed by atoms with van der Waals surface area (Å²) in [7, 11) is 0. The molecule has 2 heterocycles. The van der Waals surface area contributed by atoms with Crippen molar-refractivity contribution < 1.29 is 0 Å². The normalized spacial score (nSPS) is 21.9. The van der Waals surface area contributed by atoms with E-state index in [1.54, 1.807) is 0 Å². The van der Waals surface area contributed by atoms with Crippen LogP contribution in [-0.2, 0) is 6.54 Å². The number of aryl methyl sites for hydroxylation is 3. The lowest BCUT2D eigenvalue weighted by atomic mass is 10.1. The molecule has 1 unspecified atom stereocenters. The summed E-state index contributed by atoms with van der Waals surface area (Å²) in [5.41, 5.74) is 8.35. The number of nitrogens with two attached hydrogens (primary N) is 1. The number of likely N-dealkylation sites (tertiary alicyclic amines) is 1. The molecule has 1 aromatic rings. The first kappa shape index (κ1) is 12.6. The van der Waals surface area contributed by atoms with Gasteiger partial charge in [-0.05, 0) is 52.3 Å². The quantitative estimate of drug-likeness (QED) is 0.857. The van der Waals surface area contributed by atoms with Crippen molar-refractivity contribution >= 4 is 0 Å². The number of hydrogen-bond donors (Lipinski definition) is 1. The number of aromatic nitrogens is 2. The van der Waals surface area contributed by atoms with Gasteiger partial charge in [-0.2, -0.15) is 5.10 Å². The first-order valence-corrected chi connectivity index (χ1v) is 6.64. The third-order valence-electron chi connectivity index (χ3n) is 3.49. The zero-order valence-corrected chi connectivity index (χ0v) is 11.0. The Balaban J connectivity index is 1.74. The summed E-state index contributed by atoms with van der Waals surface area (Å²) in [4.78, 5) is 2.49. The molecule has 1 saturated heterocycles. The Morgan fingerprint density at radius 3 is 2.88 bits per heavy atom. The molecule has 0 aliphatic carbocycles. The zero-order valence-electron chi connectivity index (χ0n) is 11.0. The average Bonchev–Trinajstić information content (AvgIpc) is 2.58. The largest absolute Gasteiger partial charge is 0.327 e. The summed E-state index contributed by atoms with van der Waals surface area (Å²) in [5.74, 6) is 0. The smallest absolute Gasteiger partial charge is 0.0596 e. The van der Waals surface area contributed by atoms with Crippen molar-refractivity contribution in [2.24, 2.45) is 5.73 Å². The second kappa shape index (κ2) is 5.65. The fourth-order valence-corrected chi connectivity index (χ4v) is 2.64. The predicted molar refractivity (Wildman–Crippen MR) is 70.0 cm³/mol. The van der Waals surface area contributed by atoms with Crippen LogP contribution in [0.5, 0.6) is 0 Å². The lowest BCUT2D eigenvalue weighted by Gasteiger charge is -2.30. The van der Waals surface area contributed by atoms with Gasteiger partial charge in [0.05, 0.1) is 5.69 Å². The van der Waals surface area contributed by atoms with Gasteiger partial charge in [0.2, 0.25) is 0 Å². The molecule has 0 amide bonds. The minimum absolute atomic E-state index is 0.387. The Labute approximate surface area is 104 Å². The zero-order chi connectivity index (χ0) is 12.3. The first-order valence-electron chi connectivity index (χ1n) is 6.64. The second-order valence-corrected chi connectivity index (χ2v) is 5.21. The van der Waals surface area contributed by atoms with Crippen LogP contribution < -0.4 is 5.73 Å². The molecule has 0 aromatic carbocycles. The van der Waals surface area contributed by atoms with Crippen LogP contribution in [0.25, 0.3) is 0 Å². The Morgan fingerprint density at radius 2 is 2.24 bits per heavy atom. The van der Waals surface area contributed by atoms with E-state index in [0.29, 0.717) is 6.04 Å². The fraction of sp³-hybridized carbons (Fsp3) is 0.769. The molecule has 1 aliphatic heterocycles. The molecule has 96 valence electrons. The van der Waals surface area contributed by atoms with Gasteiger partial charge in [-0.1, -0.05) is 0 Å². The molecule has 1 aliphatic rings. The van der Waals surface area contributed by atoms with Crippen LogP contribution in [0.2, 0.25) is 0 Å². The van der Waals surface area contributed by atoms with E-state index in [1.807, 2.05) is 6.92 Å². The highest BCUT2D eigenvalue weighted by molar-refractivity contribution is 5.06. The van der Waals surface area contributed by atoms with Crippen molar-refractivity contribution in [1.82, 2.24) is 14.7 Å². The van der Waals surface area contributed by atoms with Crippen LogP contribution >= 0.6 is 0 Å². The van der Waals surface area contributed by atoms with Crippen LogP contribution in [-0.4, -0.2) is 40.4 Å². The number of nitrogens with zero attached hydrogens (tertiary/aromatic N) is 3. The lowest BCUT2D eigenvalue weighted by Crippen LogP contribution is -2.43. The second-order valence-electron chi connectivity index (χ2n) is 5.21. The molecule has 0 radical (unpaired) electrons. The molecular weight excluding hydrogens is 212 g/mol. The third kappa shape index (κ3) is 3.54. The van der Waals surface area contributed by atoms with Gasteiger partial charge < -0.3 is 10.6 Å². The van der Waals surface area contributed by atoms with Crippen LogP contribution in [0, 0.1) is 13.8 Å². The Kier molecular flexibility index (Phi) is 4.18. The molecule has 0 spiro atoms. The maximum atomic E-state index is 5.98. The van der Waals surface area contributed by atoms with E-state index in [-0.39, 0.29) is 0 Å². The summed E-state index contributed by atoms with van der Waals surface area (Å²) in [6.45, 7) is 8.61. The van der Waals surface area contributed by atoms with E-state index in [2.05, 4.69) is 27.7 Å². The van der Waals surface area contributed by atoms with Gasteiger partial charge in [0.25, 0.3) is 0 Å². The standard InChI is InChI=1S/C13H24N4/c1-11-9-12(2)17(15-11)8-4-7-16-6-3-5-13(14)10-16/h9,13H,3-8,10,14H2,1-2H3. The lowest BCUT2D eigenvalue weighted by molar-refractivity contribution is 0.203. The summed E-state index contributed by atoms with van der Waals surface area (Å²) in [6.07, 6.45) is 3.60. The summed E-state index contributed by atoms with van der Waals surface area (Å²) >= 11 is 0. The molecule has 4 heteroatoms. The first-order chi connectivity index (χ1) is 8.15. The van der Waals surface area contributed by atoms with Crippen molar-refractivity contribution in [2.75, 3.05) is 19.6 Å². The highest BCUT2D eigenvalue weighted by atomic mass is 15.3. The number of piperidine rings is 1. The van der Waals surface area contributed by atoms with Crippen molar-refractivity contribution in [1.29, 1.82) is 0 Å². The van der Waals surface area contributed by atoms with E-state index in [1.165, 1.54) is 25.1 Å². The monoisotopic (exact) mass is 236 g/mol. The predicted octanol–water partition coefficient (Wildman–Crippen LogP) is 1.31. The molecule has 2 rings (SSSR count). The number of rotatable bonds is 4. The number of hydrogen-bond acceptors (Lipinski definition) is 3. The molecule has 2 N–H and O–H groups in total. The molecule has 0 bridgehead atoms. The van der Waals surface area contributed by atoms with Crippen LogP contribution in [0.4, 0.5) is 0 Å². The van der Waals surface area contributed by atoms with Crippen LogP contribution in [0.15, 0.2) is 6.07 Å². The minimum Gasteiger partial charge on any atom is -0.327 e. The maximum Gasteiger partial charge on any atom is 0.0596 e. The molecule has 1 aromatic heterocycles. The van der Waals surface area contributed by atoms with E-state index < -0.39 is 0 Å². The van der Waals surface area contributed by atoms with E-state index >= 15 is 0 Å². The van der Waals surface area contributed by atoms with Crippen LogP contribution in [0.1, 0.15) is 30.7 Å². The van der Waals surface area contributed by atoms with Gasteiger partial charge in [0.15, 0.2) is 0 Å². The summed E-state index contributed by atoms with van der Waals surface area (Å²) in [5, 5.41) is 4.48. The van der Waals surface area contributed by atoms with Gasteiger partial charge in [0, 0.05) is 24.8 Å². The van der Waals surface area contributed by atoms with E-state index in [0.717, 1.165) is 31.7 Å². The van der Waals surface area contributed by atoms with Gasteiger partial charge in [-0.15, -0.1) is 0 Å². The van der Waals surface area contributed by atoms with Crippen LogP contribution in [0.3, 0.4) is 0 Å². The van der Waals surface area contributed by atoms with Crippen molar-refractivity contribution in [3.8, 4) is 0 Å². The summed E-state index contributed by atoms with van der Waals surface area (Å²) < 4.78 is 2.11.